The lowest BCUT2D eigenvalue weighted by molar-refractivity contribution is 0.0646. The van der Waals surface area contributed by atoms with Crippen LogP contribution in [0.5, 0.6) is 0 Å². The molecule has 0 bridgehead atoms. The largest absolute Gasteiger partial charge is 0.388 e. The zero-order chi connectivity index (χ0) is 18.2. The van der Waals surface area contributed by atoms with Crippen molar-refractivity contribution in [2.24, 2.45) is 7.05 Å². The minimum absolute atomic E-state index is 0.209. The van der Waals surface area contributed by atoms with E-state index in [9.17, 15) is 5.11 Å². The van der Waals surface area contributed by atoms with E-state index in [1.165, 1.54) is 0 Å². The molecule has 0 aliphatic rings. The van der Waals surface area contributed by atoms with E-state index in [4.69, 9.17) is 11.6 Å². The molecule has 8 heteroatoms. The van der Waals surface area contributed by atoms with Crippen LogP contribution in [-0.4, -0.2) is 36.3 Å². The molecule has 0 unspecified atom stereocenters. The van der Waals surface area contributed by atoms with E-state index in [1.807, 2.05) is 42.8 Å². The zero-order valence-electron chi connectivity index (χ0n) is 14.6. The number of aliphatic hydroxyl groups is 1. The minimum atomic E-state index is -0.887. The third-order valence-corrected chi connectivity index (χ3v) is 4.47. The van der Waals surface area contributed by atoms with Crippen molar-refractivity contribution in [3.63, 3.8) is 0 Å². The van der Waals surface area contributed by atoms with E-state index < -0.39 is 5.60 Å². The molecule has 1 atom stereocenters. The van der Waals surface area contributed by atoms with Crippen LogP contribution in [0.15, 0.2) is 30.5 Å². The Morgan fingerprint density at radius 2 is 1.96 bits per heavy atom. The standard InChI is InChI=1S/C17H21ClN6O/c1-10(17(2,3)25)20-15-19-9-13-14(23-15)24(4)16(22-13)21-12-8-6-5-7-11(12)18/h5-10,25H,1-4H3,(H,21,22)(H,19,20,23)/t10-/m0/s1. The average molecular weight is 361 g/mol. The predicted octanol–water partition coefficient (Wildman–Crippen LogP) is 3.33. The molecule has 0 amide bonds. The van der Waals surface area contributed by atoms with E-state index in [-0.39, 0.29) is 6.04 Å². The van der Waals surface area contributed by atoms with Gasteiger partial charge in [-0.1, -0.05) is 23.7 Å². The number of aryl methyl sites for hydroxylation is 1. The van der Waals surface area contributed by atoms with Crippen LogP contribution in [0.1, 0.15) is 20.8 Å². The van der Waals surface area contributed by atoms with Crippen molar-refractivity contribution < 1.29 is 5.11 Å². The number of hydrogen-bond donors (Lipinski definition) is 3. The van der Waals surface area contributed by atoms with Gasteiger partial charge in [0, 0.05) is 7.05 Å². The monoisotopic (exact) mass is 360 g/mol. The molecule has 132 valence electrons. The number of anilines is 3. The number of fused-ring (bicyclic) bond motifs is 1. The van der Waals surface area contributed by atoms with Crippen molar-refractivity contribution >= 4 is 40.3 Å². The second-order valence-electron chi connectivity index (χ2n) is 6.52. The highest BCUT2D eigenvalue weighted by molar-refractivity contribution is 6.33. The Balaban J connectivity index is 1.91. The summed E-state index contributed by atoms with van der Waals surface area (Å²) in [5, 5.41) is 17.0. The quantitative estimate of drug-likeness (QED) is 0.646. The Labute approximate surface area is 151 Å². The van der Waals surface area contributed by atoms with E-state index in [2.05, 4.69) is 25.6 Å². The smallest absolute Gasteiger partial charge is 0.225 e. The molecule has 3 aromatic rings. The first kappa shape index (κ1) is 17.4. The predicted molar refractivity (Wildman–Crippen MR) is 100 cm³/mol. The number of hydrogen-bond acceptors (Lipinski definition) is 6. The maximum atomic E-state index is 10.1. The number of rotatable bonds is 5. The number of halogens is 1. The lowest BCUT2D eigenvalue weighted by Crippen LogP contribution is -2.39. The molecule has 0 radical (unpaired) electrons. The van der Waals surface area contributed by atoms with Gasteiger partial charge in [-0.3, -0.25) is 4.57 Å². The number of nitrogens with zero attached hydrogens (tertiary/aromatic N) is 4. The summed E-state index contributed by atoms with van der Waals surface area (Å²) in [5.74, 6) is 1.06. The van der Waals surface area contributed by atoms with Gasteiger partial charge in [-0.2, -0.15) is 4.98 Å². The van der Waals surface area contributed by atoms with Crippen LogP contribution < -0.4 is 10.6 Å². The number of aromatic nitrogens is 4. The molecular formula is C17H21ClN6O. The molecule has 0 fully saturated rings. The van der Waals surface area contributed by atoms with Crippen LogP contribution in [0.4, 0.5) is 17.6 Å². The number of benzene rings is 1. The van der Waals surface area contributed by atoms with E-state index in [0.717, 1.165) is 5.69 Å². The maximum absolute atomic E-state index is 10.1. The Bertz CT molecular complexity index is 902. The van der Waals surface area contributed by atoms with E-state index >= 15 is 0 Å². The van der Waals surface area contributed by atoms with Crippen molar-refractivity contribution in [2.75, 3.05) is 10.6 Å². The number of nitrogens with one attached hydrogen (secondary N) is 2. The second-order valence-corrected chi connectivity index (χ2v) is 6.93. The van der Waals surface area contributed by atoms with Gasteiger partial charge >= 0.3 is 0 Å². The molecule has 2 aromatic heterocycles. The van der Waals surface area contributed by atoms with Gasteiger partial charge in [0.05, 0.1) is 28.5 Å². The molecule has 0 spiro atoms. The zero-order valence-corrected chi connectivity index (χ0v) is 15.3. The molecular weight excluding hydrogens is 340 g/mol. The van der Waals surface area contributed by atoms with Crippen molar-refractivity contribution in [2.45, 2.75) is 32.4 Å². The second kappa shape index (κ2) is 6.50. The van der Waals surface area contributed by atoms with Gasteiger partial charge in [-0.15, -0.1) is 0 Å². The van der Waals surface area contributed by atoms with Crippen LogP contribution in [0.25, 0.3) is 11.2 Å². The molecule has 7 nitrogen and oxygen atoms in total. The first-order valence-electron chi connectivity index (χ1n) is 7.95. The fourth-order valence-corrected chi connectivity index (χ4v) is 2.40. The maximum Gasteiger partial charge on any atom is 0.225 e. The molecule has 0 aliphatic carbocycles. The van der Waals surface area contributed by atoms with Gasteiger partial charge in [-0.05, 0) is 32.9 Å². The van der Waals surface area contributed by atoms with Crippen LogP contribution >= 0.6 is 11.6 Å². The lowest BCUT2D eigenvalue weighted by Gasteiger charge is -2.26. The summed E-state index contributed by atoms with van der Waals surface area (Å²) in [6, 6.07) is 7.25. The van der Waals surface area contributed by atoms with Gasteiger partial charge < -0.3 is 15.7 Å². The Morgan fingerprint density at radius 1 is 1.24 bits per heavy atom. The summed E-state index contributed by atoms with van der Waals surface area (Å²) < 4.78 is 1.83. The van der Waals surface area contributed by atoms with Gasteiger partial charge in [0.25, 0.3) is 0 Å². The minimum Gasteiger partial charge on any atom is -0.388 e. The van der Waals surface area contributed by atoms with Crippen LogP contribution in [0, 0.1) is 0 Å². The lowest BCUT2D eigenvalue weighted by atomic mass is 10.0. The Hall–Kier alpha value is -2.38. The average Bonchev–Trinajstić information content (AvgIpc) is 2.85. The molecule has 0 aliphatic heterocycles. The van der Waals surface area contributed by atoms with Gasteiger partial charge in [0.15, 0.2) is 5.65 Å². The van der Waals surface area contributed by atoms with Crippen LogP contribution in [0.2, 0.25) is 5.02 Å². The van der Waals surface area contributed by atoms with Crippen LogP contribution in [-0.2, 0) is 7.05 Å². The Kier molecular flexibility index (Phi) is 4.53. The van der Waals surface area contributed by atoms with E-state index in [1.54, 1.807) is 20.0 Å². The summed E-state index contributed by atoms with van der Waals surface area (Å²) in [6.07, 6.45) is 1.65. The highest BCUT2D eigenvalue weighted by Gasteiger charge is 2.23. The molecule has 3 N–H and O–H groups in total. The first-order valence-corrected chi connectivity index (χ1v) is 8.33. The highest BCUT2D eigenvalue weighted by atomic mass is 35.5. The molecule has 0 saturated carbocycles. The van der Waals surface area contributed by atoms with Gasteiger partial charge in [0.1, 0.15) is 5.52 Å². The van der Waals surface area contributed by atoms with Gasteiger partial charge in [-0.25, -0.2) is 9.97 Å². The number of imidazole rings is 1. The number of para-hydroxylation sites is 1. The fraction of sp³-hybridized carbons (Fsp3) is 0.353. The van der Waals surface area contributed by atoms with Crippen molar-refractivity contribution in [3.05, 3.63) is 35.5 Å². The molecule has 0 saturated heterocycles. The van der Waals surface area contributed by atoms with Gasteiger partial charge in [0.2, 0.25) is 11.9 Å². The molecule has 1 aromatic carbocycles. The summed E-state index contributed by atoms with van der Waals surface area (Å²) in [4.78, 5) is 13.3. The highest BCUT2D eigenvalue weighted by Crippen LogP contribution is 2.26. The molecule has 2 heterocycles. The summed E-state index contributed by atoms with van der Waals surface area (Å²) in [5.41, 5.74) is 1.22. The third-order valence-electron chi connectivity index (χ3n) is 4.14. The fourth-order valence-electron chi connectivity index (χ4n) is 2.22. The normalized spacial score (nSPS) is 13.0. The van der Waals surface area contributed by atoms with Crippen LogP contribution in [0.3, 0.4) is 0 Å². The van der Waals surface area contributed by atoms with E-state index in [0.29, 0.717) is 28.1 Å². The SMILES string of the molecule is C[C@H](Nc1ncc2nc(Nc3ccccc3Cl)n(C)c2n1)C(C)(C)O. The molecule has 25 heavy (non-hydrogen) atoms. The van der Waals surface area contributed by atoms with Crippen molar-refractivity contribution in [1.82, 2.24) is 19.5 Å². The Morgan fingerprint density at radius 3 is 2.64 bits per heavy atom. The topological polar surface area (TPSA) is 87.9 Å². The summed E-state index contributed by atoms with van der Waals surface area (Å²) in [6.45, 7) is 5.35. The first-order chi connectivity index (χ1) is 11.8. The molecule has 3 rings (SSSR count). The van der Waals surface area contributed by atoms with Crippen molar-refractivity contribution in [3.8, 4) is 0 Å². The third kappa shape index (κ3) is 3.67. The summed E-state index contributed by atoms with van der Waals surface area (Å²) in [7, 11) is 1.87. The van der Waals surface area contributed by atoms with Crippen molar-refractivity contribution in [1.29, 1.82) is 0 Å². The summed E-state index contributed by atoms with van der Waals surface area (Å²) >= 11 is 6.19.